The number of hydrogen-bond acceptors (Lipinski definition) is 3. The van der Waals surface area contributed by atoms with E-state index in [1.807, 2.05) is 0 Å². The maximum atomic E-state index is 11.7. The average Bonchev–Trinajstić information content (AvgIpc) is 2.70. The summed E-state index contributed by atoms with van der Waals surface area (Å²) in [5.41, 5.74) is 2.99. The third-order valence-corrected chi connectivity index (χ3v) is 4.12. The van der Waals surface area contributed by atoms with E-state index in [2.05, 4.69) is 48.7 Å². The molecule has 4 nitrogen and oxygen atoms in total. The quantitative estimate of drug-likeness (QED) is 0.756. The first-order chi connectivity index (χ1) is 10.0. The lowest BCUT2D eigenvalue weighted by atomic mass is 9.85. The van der Waals surface area contributed by atoms with E-state index in [0.29, 0.717) is 32.2 Å². The first-order valence-corrected chi connectivity index (χ1v) is 7.61. The molecule has 4 heteroatoms. The number of rotatable bonds is 7. The van der Waals surface area contributed by atoms with Gasteiger partial charge in [-0.25, -0.2) is 0 Å². The van der Waals surface area contributed by atoms with Gasteiger partial charge in [0.1, 0.15) is 0 Å². The lowest BCUT2D eigenvalue weighted by Crippen LogP contribution is -2.35. The van der Waals surface area contributed by atoms with Crippen LogP contribution >= 0.6 is 0 Å². The summed E-state index contributed by atoms with van der Waals surface area (Å²) in [4.78, 5) is 11.7. The molecule has 2 N–H and O–H groups in total. The minimum absolute atomic E-state index is 0.0728. The highest BCUT2D eigenvalue weighted by atomic mass is 16.5. The fraction of sp³-hybridized carbons (Fsp3) is 0.588. The fourth-order valence-electron chi connectivity index (χ4n) is 3.09. The second-order valence-electron chi connectivity index (χ2n) is 6.34. The Hall–Kier alpha value is -1.39. The Morgan fingerprint density at radius 2 is 2.10 bits per heavy atom. The number of benzene rings is 1. The molecule has 1 amide bonds. The van der Waals surface area contributed by atoms with Crippen molar-refractivity contribution in [1.82, 2.24) is 10.6 Å². The number of methoxy groups -OCH3 is 1. The van der Waals surface area contributed by atoms with Crippen LogP contribution in [0.3, 0.4) is 0 Å². The van der Waals surface area contributed by atoms with E-state index in [1.165, 1.54) is 11.1 Å². The summed E-state index contributed by atoms with van der Waals surface area (Å²) in [5.74, 6) is 0.0728. The number of carbonyl (C=O) groups is 1. The van der Waals surface area contributed by atoms with Gasteiger partial charge in [0.2, 0.25) is 5.91 Å². The second-order valence-corrected chi connectivity index (χ2v) is 6.34. The average molecular weight is 290 g/mol. The molecule has 116 valence electrons. The SMILES string of the molecule is COCCNC(=O)CCNC1c2ccccc2CC1(C)C. The number of amides is 1. The number of hydrogen-bond donors (Lipinski definition) is 2. The normalized spacial score (nSPS) is 19.3. The van der Waals surface area contributed by atoms with Crippen LogP contribution in [0.25, 0.3) is 0 Å². The molecule has 1 aromatic rings. The number of fused-ring (bicyclic) bond motifs is 1. The maximum Gasteiger partial charge on any atom is 0.221 e. The van der Waals surface area contributed by atoms with Crippen molar-refractivity contribution < 1.29 is 9.53 Å². The van der Waals surface area contributed by atoms with Crippen molar-refractivity contribution in [2.24, 2.45) is 5.41 Å². The van der Waals surface area contributed by atoms with E-state index >= 15 is 0 Å². The highest BCUT2D eigenvalue weighted by Gasteiger charge is 2.38. The van der Waals surface area contributed by atoms with Crippen molar-refractivity contribution in [3.63, 3.8) is 0 Å². The Kier molecular flexibility index (Phi) is 5.37. The van der Waals surface area contributed by atoms with Gasteiger partial charge in [-0.3, -0.25) is 4.79 Å². The monoisotopic (exact) mass is 290 g/mol. The molecule has 1 aromatic carbocycles. The molecule has 21 heavy (non-hydrogen) atoms. The van der Waals surface area contributed by atoms with Crippen molar-refractivity contribution in [3.05, 3.63) is 35.4 Å². The number of ether oxygens (including phenoxy) is 1. The van der Waals surface area contributed by atoms with Gasteiger partial charge in [-0.2, -0.15) is 0 Å². The van der Waals surface area contributed by atoms with Gasteiger partial charge in [-0.05, 0) is 23.0 Å². The Morgan fingerprint density at radius 1 is 1.33 bits per heavy atom. The Morgan fingerprint density at radius 3 is 2.86 bits per heavy atom. The van der Waals surface area contributed by atoms with E-state index in [4.69, 9.17) is 4.74 Å². The van der Waals surface area contributed by atoms with Crippen LogP contribution in [-0.2, 0) is 16.0 Å². The Bertz CT molecular complexity index is 485. The van der Waals surface area contributed by atoms with Gasteiger partial charge < -0.3 is 15.4 Å². The second kappa shape index (κ2) is 7.05. The first kappa shape index (κ1) is 16.0. The molecule has 1 atom stereocenters. The zero-order chi connectivity index (χ0) is 15.3. The molecule has 0 spiro atoms. The Balaban J connectivity index is 1.84. The summed E-state index contributed by atoms with van der Waals surface area (Å²) >= 11 is 0. The van der Waals surface area contributed by atoms with Crippen LogP contribution in [-0.4, -0.2) is 32.7 Å². The largest absolute Gasteiger partial charge is 0.383 e. The van der Waals surface area contributed by atoms with Crippen LogP contribution < -0.4 is 10.6 Å². The molecule has 0 saturated heterocycles. The minimum Gasteiger partial charge on any atom is -0.383 e. The van der Waals surface area contributed by atoms with Crippen LogP contribution in [0, 0.1) is 5.41 Å². The zero-order valence-electron chi connectivity index (χ0n) is 13.2. The molecule has 0 radical (unpaired) electrons. The molecule has 0 saturated carbocycles. The Labute approximate surface area is 127 Å². The zero-order valence-corrected chi connectivity index (χ0v) is 13.2. The minimum atomic E-state index is 0.0728. The number of carbonyl (C=O) groups excluding carboxylic acids is 1. The molecule has 0 heterocycles. The molecule has 1 aliphatic rings. The van der Waals surface area contributed by atoms with Gasteiger partial charge in [0, 0.05) is 32.7 Å². The van der Waals surface area contributed by atoms with Gasteiger partial charge in [0.15, 0.2) is 0 Å². The summed E-state index contributed by atoms with van der Waals surface area (Å²) in [6.07, 6.45) is 1.58. The van der Waals surface area contributed by atoms with Gasteiger partial charge in [0.25, 0.3) is 0 Å². The van der Waals surface area contributed by atoms with Crippen molar-refractivity contribution in [2.45, 2.75) is 32.7 Å². The van der Waals surface area contributed by atoms with Gasteiger partial charge >= 0.3 is 0 Å². The van der Waals surface area contributed by atoms with E-state index < -0.39 is 0 Å². The van der Waals surface area contributed by atoms with Crippen molar-refractivity contribution in [3.8, 4) is 0 Å². The lowest BCUT2D eigenvalue weighted by molar-refractivity contribution is -0.121. The summed E-state index contributed by atoms with van der Waals surface area (Å²) in [7, 11) is 1.63. The third-order valence-electron chi connectivity index (χ3n) is 4.12. The van der Waals surface area contributed by atoms with Gasteiger partial charge in [-0.15, -0.1) is 0 Å². The van der Waals surface area contributed by atoms with Crippen molar-refractivity contribution in [1.29, 1.82) is 0 Å². The van der Waals surface area contributed by atoms with Crippen LogP contribution in [0.1, 0.15) is 37.4 Å². The van der Waals surface area contributed by atoms with Crippen LogP contribution in [0.2, 0.25) is 0 Å². The molecular formula is C17H26N2O2. The summed E-state index contributed by atoms with van der Waals surface area (Å²) < 4.78 is 4.91. The van der Waals surface area contributed by atoms with E-state index in [-0.39, 0.29) is 11.3 Å². The van der Waals surface area contributed by atoms with E-state index in [1.54, 1.807) is 7.11 Å². The van der Waals surface area contributed by atoms with Crippen LogP contribution in [0.5, 0.6) is 0 Å². The van der Waals surface area contributed by atoms with E-state index in [0.717, 1.165) is 6.42 Å². The van der Waals surface area contributed by atoms with Crippen molar-refractivity contribution in [2.75, 3.05) is 26.8 Å². The highest BCUT2D eigenvalue weighted by Crippen LogP contribution is 2.44. The molecular weight excluding hydrogens is 264 g/mol. The van der Waals surface area contributed by atoms with Crippen molar-refractivity contribution >= 4 is 5.91 Å². The molecule has 1 aliphatic carbocycles. The fourth-order valence-corrected chi connectivity index (χ4v) is 3.09. The molecule has 0 bridgehead atoms. The molecule has 2 rings (SSSR count). The lowest BCUT2D eigenvalue weighted by Gasteiger charge is -2.28. The molecule has 0 fully saturated rings. The topological polar surface area (TPSA) is 50.4 Å². The molecule has 0 aromatic heterocycles. The van der Waals surface area contributed by atoms with Gasteiger partial charge in [-0.1, -0.05) is 38.1 Å². The van der Waals surface area contributed by atoms with Gasteiger partial charge in [0.05, 0.1) is 6.61 Å². The highest BCUT2D eigenvalue weighted by molar-refractivity contribution is 5.76. The molecule has 1 unspecified atom stereocenters. The smallest absolute Gasteiger partial charge is 0.221 e. The van der Waals surface area contributed by atoms with Crippen LogP contribution in [0.15, 0.2) is 24.3 Å². The van der Waals surface area contributed by atoms with E-state index in [9.17, 15) is 4.79 Å². The summed E-state index contributed by atoms with van der Waals surface area (Å²) in [6, 6.07) is 8.91. The summed E-state index contributed by atoms with van der Waals surface area (Å²) in [5, 5.41) is 6.40. The predicted molar refractivity (Wildman–Crippen MR) is 84.2 cm³/mol. The molecule has 0 aliphatic heterocycles. The first-order valence-electron chi connectivity index (χ1n) is 7.61. The summed E-state index contributed by atoms with van der Waals surface area (Å²) in [6.45, 7) is 6.39. The predicted octanol–water partition coefficient (Wildman–Crippen LogP) is 2.05. The number of nitrogens with one attached hydrogen (secondary N) is 2. The third kappa shape index (κ3) is 4.05. The standard InChI is InChI=1S/C17H26N2O2/c1-17(2)12-13-6-4-5-7-14(13)16(17)19-9-8-15(20)18-10-11-21-3/h4-7,16,19H,8-12H2,1-3H3,(H,18,20). The maximum absolute atomic E-state index is 11.7. The van der Waals surface area contributed by atoms with Crippen LogP contribution in [0.4, 0.5) is 0 Å².